The van der Waals surface area contributed by atoms with Gasteiger partial charge in [0.2, 0.25) is 0 Å². The monoisotopic (exact) mass is 248 g/mol. The highest BCUT2D eigenvalue weighted by Crippen LogP contribution is 2.24. The lowest BCUT2D eigenvalue weighted by atomic mass is 10.2. The number of nitrogens with one attached hydrogen (secondary N) is 1. The molecule has 6 heteroatoms. The maximum Gasteiger partial charge on any atom is 0.336 e. The number of anilines is 1. The Morgan fingerprint density at radius 3 is 2.56 bits per heavy atom. The lowest BCUT2D eigenvalue weighted by Crippen LogP contribution is -2.67. The molecule has 0 bridgehead atoms. The van der Waals surface area contributed by atoms with Crippen molar-refractivity contribution in [2.75, 3.05) is 4.90 Å². The van der Waals surface area contributed by atoms with Crippen molar-refractivity contribution in [3.05, 3.63) is 36.4 Å². The molecule has 0 spiro atoms. The summed E-state index contributed by atoms with van der Waals surface area (Å²) in [5.74, 6) is -0.487. The number of phenols is 1. The summed E-state index contributed by atoms with van der Waals surface area (Å²) in [6, 6.07) is 5.61. The number of esters is 1. The Labute approximate surface area is 103 Å². The van der Waals surface area contributed by atoms with Crippen molar-refractivity contribution >= 4 is 17.7 Å². The Morgan fingerprint density at radius 2 is 2.06 bits per heavy atom. The fourth-order valence-corrected chi connectivity index (χ4v) is 1.43. The molecule has 1 atom stereocenters. The maximum atomic E-state index is 11.4. The van der Waals surface area contributed by atoms with E-state index in [1.54, 1.807) is 12.1 Å². The zero-order valence-electron chi connectivity index (χ0n) is 9.71. The van der Waals surface area contributed by atoms with E-state index in [0.29, 0.717) is 5.69 Å². The van der Waals surface area contributed by atoms with Crippen molar-refractivity contribution in [1.82, 2.24) is 5.32 Å². The fourth-order valence-electron chi connectivity index (χ4n) is 1.43. The van der Waals surface area contributed by atoms with Gasteiger partial charge in [-0.3, -0.25) is 5.32 Å². The molecule has 1 heterocycles. The number of benzene rings is 1. The van der Waals surface area contributed by atoms with Crippen LogP contribution in [0, 0.1) is 0 Å². The first-order valence-electron chi connectivity index (χ1n) is 5.24. The average Bonchev–Trinajstić information content (AvgIpc) is 2.31. The van der Waals surface area contributed by atoms with Gasteiger partial charge in [0, 0.05) is 5.57 Å². The lowest BCUT2D eigenvalue weighted by Gasteiger charge is -2.39. The van der Waals surface area contributed by atoms with E-state index < -0.39 is 12.3 Å². The molecule has 6 nitrogen and oxygen atoms in total. The van der Waals surface area contributed by atoms with Crippen LogP contribution in [-0.2, 0) is 9.53 Å². The summed E-state index contributed by atoms with van der Waals surface area (Å²) in [5.41, 5.74) is 0.776. The summed E-state index contributed by atoms with van der Waals surface area (Å²) < 4.78 is 5.01. The van der Waals surface area contributed by atoms with Crippen molar-refractivity contribution in [2.24, 2.45) is 0 Å². The minimum atomic E-state index is -0.841. The standard InChI is InChI=1S/C12H12N2O4/c1-7(2)10(16)18-12-13-11(17)14(12)8-3-5-9(15)6-4-8/h3-6,12,15H,1H2,2H3,(H,13,17). The Hall–Kier alpha value is -2.50. The number of amides is 2. The Morgan fingerprint density at radius 1 is 1.44 bits per heavy atom. The van der Waals surface area contributed by atoms with Gasteiger partial charge in [0.05, 0.1) is 5.69 Å². The quantitative estimate of drug-likeness (QED) is 0.624. The summed E-state index contributed by atoms with van der Waals surface area (Å²) >= 11 is 0. The van der Waals surface area contributed by atoms with Crippen LogP contribution in [0.4, 0.5) is 10.5 Å². The minimum absolute atomic E-state index is 0.0927. The third-order valence-electron chi connectivity index (χ3n) is 2.40. The summed E-state index contributed by atoms with van der Waals surface area (Å²) in [6.45, 7) is 4.98. The molecular weight excluding hydrogens is 236 g/mol. The second-order valence-electron chi connectivity index (χ2n) is 3.87. The van der Waals surface area contributed by atoms with Gasteiger partial charge in [-0.2, -0.15) is 0 Å². The average molecular weight is 248 g/mol. The van der Waals surface area contributed by atoms with E-state index in [9.17, 15) is 9.59 Å². The normalized spacial score (nSPS) is 17.7. The van der Waals surface area contributed by atoms with Crippen LogP contribution in [0.2, 0.25) is 0 Å². The second-order valence-corrected chi connectivity index (χ2v) is 3.87. The molecule has 1 aliphatic rings. The van der Waals surface area contributed by atoms with Crippen LogP contribution in [0.3, 0.4) is 0 Å². The Bertz CT molecular complexity index is 509. The number of rotatable bonds is 3. The number of carbonyl (C=O) groups excluding carboxylic acids is 2. The molecule has 2 N–H and O–H groups in total. The molecule has 0 aromatic heterocycles. The van der Waals surface area contributed by atoms with E-state index >= 15 is 0 Å². The van der Waals surface area contributed by atoms with Crippen LogP contribution in [0.5, 0.6) is 5.75 Å². The number of ether oxygens (including phenoxy) is 1. The van der Waals surface area contributed by atoms with Gasteiger partial charge < -0.3 is 9.84 Å². The van der Waals surface area contributed by atoms with E-state index in [2.05, 4.69) is 11.9 Å². The smallest absolute Gasteiger partial charge is 0.336 e. The summed E-state index contributed by atoms with van der Waals surface area (Å²) in [6.07, 6.45) is -0.841. The third-order valence-corrected chi connectivity index (χ3v) is 2.40. The van der Waals surface area contributed by atoms with Crippen molar-refractivity contribution in [3.63, 3.8) is 0 Å². The van der Waals surface area contributed by atoms with Gasteiger partial charge in [0.25, 0.3) is 6.35 Å². The molecule has 0 radical (unpaired) electrons. The second kappa shape index (κ2) is 4.40. The van der Waals surface area contributed by atoms with E-state index in [-0.39, 0.29) is 17.4 Å². The van der Waals surface area contributed by atoms with Crippen LogP contribution < -0.4 is 10.2 Å². The van der Waals surface area contributed by atoms with Crippen LogP contribution >= 0.6 is 0 Å². The predicted molar refractivity (Wildman–Crippen MR) is 63.8 cm³/mol. The number of phenolic OH excluding ortho intramolecular Hbond substituents is 1. The zero-order chi connectivity index (χ0) is 13.3. The third kappa shape index (κ3) is 2.13. The van der Waals surface area contributed by atoms with E-state index in [1.807, 2.05) is 0 Å². The van der Waals surface area contributed by atoms with Gasteiger partial charge in [-0.1, -0.05) is 6.58 Å². The number of nitrogens with zero attached hydrogens (tertiary/aromatic N) is 1. The highest BCUT2D eigenvalue weighted by atomic mass is 16.6. The van der Waals surface area contributed by atoms with Gasteiger partial charge >= 0.3 is 12.0 Å². The van der Waals surface area contributed by atoms with Crippen molar-refractivity contribution < 1.29 is 19.4 Å². The highest BCUT2D eigenvalue weighted by molar-refractivity contribution is 5.99. The topological polar surface area (TPSA) is 78.9 Å². The molecule has 1 aromatic carbocycles. The van der Waals surface area contributed by atoms with Gasteiger partial charge in [0.1, 0.15) is 5.75 Å². The van der Waals surface area contributed by atoms with Gasteiger partial charge in [-0.15, -0.1) is 0 Å². The SMILES string of the molecule is C=C(C)C(=O)OC1NC(=O)N1c1ccc(O)cc1. The van der Waals surface area contributed by atoms with Crippen molar-refractivity contribution in [1.29, 1.82) is 0 Å². The van der Waals surface area contributed by atoms with E-state index in [0.717, 1.165) is 0 Å². The van der Waals surface area contributed by atoms with Crippen molar-refractivity contribution in [3.8, 4) is 5.75 Å². The van der Waals surface area contributed by atoms with Crippen molar-refractivity contribution in [2.45, 2.75) is 13.3 Å². The first kappa shape index (κ1) is 12.0. The Balaban J connectivity index is 2.11. The summed E-state index contributed by atoms with van der Waals surface area (Å²) in [5, 5.41) is 11.6. The predicted octanol–water partition coefficient (Wildman–Crippen LogP) is 1.32. The fraction of sp³-hybridized carbons (Fsp3) is 0.167. The molecule has 1 saturated heterocycles. The molecule has 0 aliphatic carbocycles. The van der Waals surface area contributed by atoms with Crippen LogP contribution in [0.25, 0.3) is 0 Å². The summed E-state index contributed by atoms with van der Waals surface area (Å²) in [7, 11) is 0. The van der Waals surface area contributed by atoms with Gasteiger partial charge in [-0.05, 0) is 31.2 Å². The van der Waals surface area contributed by atoms with E-state index in [4.69, 9.17) is 9.84 Å². The van der Waals surface area contributed by atoms with Crippen LogP contribution in [0.1, 0.15) is 6.92 Å². The van der Waals surface area contributed by atoms with Gasteiger partial charge in [-0.25, -0.2) is 14.5 Å². The number of carbonyl (C=O) groups is 2. The van der Waals surface area contributed by atoms with Crippen LogP contribution in [0.15, 0.2) is 36.4 Å². The lowest BCUT2D eigenvalue weighted by molar-refractivity contribution is -0.146. The highest BCUT2D eigenvalue weighted by Gasteiger charge is 2.39. The maximum absolute atomic E-state index is 11.4. The number of hydrogen-bond donors (Lipinski definition) is 2. The first-order chi connectivity index (χ1) is 8.49. The molecule has 2 amide bonds. The summed E-state index contributed by atoms with van der Waals surface area (Å²) in [4.78, 5) is 24.0. The first-order valence-corrected chi connectivity index (χ1v) is 5.24. The molecule has 1 unspecified atom stereocenters. The molecule has 0 saturated carbocycles. The number of hydrogen-bond acceptors (Lipinski definition) is 4. The Kier molecular flexibility index (Phi) is 2.93. The molecule has 2 rings (SSSR count). The van der Waals surface area contributed by atoms with Crippen LogP contribution in [-0.4, -0.2) is 23.5 Å². The molecular formula is C12H12N2O4. The largest absolute Gasteiger partial charge is 0.508 e. The molecule has 18 heavy (non-hydrogen) atoms. The molecule has 1 fully saturated rings. The number of urea groups is 1. The molecule has 1 aromatic rings. The zero-order valence-corrected chi connectivity index (χ0v) is 9.71. The van der Waals surface area contributed by atoms with Gasteiger partial charge in [0.15, 0.2) is 0 Å². The minimum Gasteiger partial charge on any atom is -0.508 e. The molecule has 1 aliphatic heterocycles. The molecule has 94 valence electrons. The van der Waals surface area contributed by atoms with E-state index in [1.165, 1.54) is 24.0 Å². The number of aromatic hydroxyl groups is 1.